The van der Waals surface area contributed by atoms with Crippen LogP contribution in [0, 0.1) is 11.6 Å². The summed E-state index contributed by atoms with van der Waals surface area (Å²) in [4.78, 5) is 18.9. The average molecular weight is 325 g/mol. The van der Waals surface area contributed by atoms with Gasteiger partial charge in [-0.2, -0.15) is 0 Å². The Bertz CT molecular complexity index is 580. The SMILES string of the molecule is NO[C@@H]1CC[C@@H](c2cccc(F)c2F)CN(C(=O)NC2CC2)C1. The highest BCUT2D eigenvalue weighted by atomic mass is 19.2. The zero-order valence-electron chi connectivity index (χ0n) is 12.8. The van der Waals surface area contributed by atoms with Crippen molar-refractivity contribution in [1.82, 2.24) is 10.2 Å². The highest BCUT2D eigenvalue weighted by molar-refractivity contribution is 5.75. The van der Waals surface area contributed by atoms with Crippen LogP contribution in [0.3, 0.4) is 0 Å². The predicted molar refractivity (Wildman–Crippen MR) is 80.5 cm³/mol. The molecule has 3 rings (SSSR count). The van der Waals surface area contributed by atoms with Crippen LogP contribution in [-0.4, -0.2) is 36.2 Å². The number of rotatable bonds is 3. The number of carbonyl (C=O) groups is 1. The van der Waals surface area contributed by atoms with E-state index in [-0.39, 0.29) is 24.1 Å². The quantitative estimate of drug-likeness (QED) is 0.838. The molecule has 0 radical (unpaired) electrons. The number of urea groups is 1. The van der Waals surface area contributed by atoms with Crippen molar-refractivity contribution in [3.05, 3.63) is 35.4 Å². The second kappa shape index (κ2) is 6.80. The molecule has 1 heterocycles. The first-order valence-electron chi connectivity index (χ1n) is 7.93. The molecule has 7 heteroatoms. The van der Waals surface area contributed by atoms with Gasteiger partial charge in [0.05, 0.1) is 12.6 Å². The molecular weight excluding hydrogens is 304 g/mol. The van der Waals surface area contributed by atoms with Crippen molar-refractivity contribution in [2.45, 2.75) is 43.7 Å². The van der Waals surface area contributed by atoms with Gasteiger partial charge in [0.1, 0.15) is 0 Å². The average Bonchev–Trinajstić information content (AvgIpc) is 3.36. The van der Waals surface area contributed by atoms with E-state index in [9.17, 15) is 13.6 Å². The summed E-state index contributed by atoms with van der Waals surface area (Å²) in [5.41, 5.74) is 0.298. The second-order valence-electron chi connectivity index (χ2n) is 6.30. The molecule has 0 spiro atoms. The van der Waals surface area contributed by atoms with Gasteiger partial charge in [-0.15, -0.1) is 0 Å². The van der Waals surface area contributed by atoms with E-state index in [1.807, 2.05) is 0 Å². The monoisotopic (exact) mass is 325 g/mol. The van der Waals surface area contributed by atoms with Crippen molar-refractivity contribution in [2.75, 3.05) is 13.1 Å². The lowest BCUT2D eigenvalue weighted by Crippen LogP contribution is -2.45. The lowest BCUT2D eigenvalue weighted by Gasteiger charge is -2.26. The molecule has 126 valence electrons. The summed E-state index contributed by atoms with van der Waals surface area (Å²) in [5, 5.41) is 2.92. The zero-order valence-corrected chi connectivity index (χ0v) is 12.8. The van der Waals surface area contributed by atoms with Crippen LogP contribution in [0.5, 0.6) is 0 Å². The smallest absolute Gasteiger partial charge is 0.317 e. The number of carbonyl (C=O) groups excluding carboxylic acids is 1. The molecule has 0 aromatic heterocycles. The molecule has 1 aromatic rings. The van der Waals surface area contributed by atoms with E-state index in [0.717, 1.165) is 18.9 Å². The van der Waals surface area contributed by atoms with Gasteiger partial charge >= 0.3 is 6.03 Å². The number of hydrogen-bond acceptors (Lipinski definition) is 3. The van der Waals surface area contributed by atoms with Crippen LogP contribution in [0.2, 0.25) is 0 Å². The van der Waals surface area contributed by atoms with Gasteiger partial charge in [-0.25, -0.2) is 19.5 Å². The summed E-state index contributed by atoms with van der Waals surface area (Å²) in [6.07, 6.45) is 2.83. The molecule has 5 nitrogen and oxygen atoms in total. The summed E-state index contributed by atoms with van der Waals surface area (Å²) in [7, 11) is 0. The lowest BCUT2D eigenvalue weighted by atomic mass is 9.93. The Morgan fingerprint density at radius 2 is 2.00 bits per heavy atom. The fourth-order valence-corrected chi connectivity index (χ4v) is 3.02. The topological polar surface area (TPSA) is 67.6 Å². The molecule has 1 saturated carbocycles. The number of nitrogens with two attached hydrogens (primary N) is 1. The van der Waals surface area contributed by atoms with Gasteiger partial charge in [-0.1, -0.05) is 12.1 Å². The maximum Gasteiger partial charge on any atom is 0.317 e. The standard InChI is InChI=1S/C16H21F2N3O2/c17-14-3-1-2-13(15(14)18)10-4-7-12(23-19)9-21(8-10)16(22)20-11-5-6-11/h1-3,10-12H,4-9,19H2,(H,20,22)/t10-,12-/m1/s1. The zero-order chi connectivity index (χ0) is 16.4. The number of benzene rings is 1. The molecule has 1 aliphatic carbocycles. The van der Waals surface area contributed by atoms with Gasteiger partial charge in [0.25, 0.3) is 0 Å². The van der Waals surface area contributed by atoms with E-state index in [1.54, 1.807) is 11.0 Å². The number of halogens is 2. The number of nitrogens with zero attached hydrogens (tertiary/aromatic N) is 1. The van der Waals surface area contributed by atoms with Crippen LogP contribution in [0.1, 0.15) is 37.2 Å². The van der Waals surface area contributed by atoms with Gasteiger partial charge in [0.15, 0.2) is 11.6 Å². The van der Waals surface area contributed by atoms with Gasteiger partial charge in [0.2, 0.25) is 0 Å². The summed E-state index contributed by atoms with van der Waals surface area (Å²) in [5.74, 6) is 3.30. The highest BCUT2D eigenvalue weighted by Crippen LogP contribution is 2.30. The van der Waals surface area contributed by atoms with E-state index >= 15 is 0 Å². The molecule has 3 N–H and O–H groups in total. The Balaban J connectivity index is 1.79. The number of hydrogen-bond donors (Lipinski definition) is 2. The molecule has 0 bridgehead atoms. The van der Waals surface area contributed by atoms with Crippen molar-refractivity contribution in [2.24, 2.45) is 5.90 Å². The maximum absolute atomic E-state index is 14.1. The van der Waals surface area contributed by atoms with Gasteiger partial charge < -0.3 is 10.2 Å². The maximum atomic E-state index is 14.1. The van der Waals surface area contributed by atoms with Crippen LogP contribution in [0.4, 0.5) is 13.6 Å². The van der Waals surface area contributed by atoms with E-state index < -0.39 is 11.6 Å². The lowest BCUT2D eigenvalue weighted by molar-refractivity contribution is 0.0346. The predicted octanol–water partition coefficient (Wildman–Crippen LogP) is 2.28. The molecule has 2 aliphatic rings. The molecule has 1 saturated heterocycles. The van der Waals surface area contributed by atoms with Gasteiger partial charge in [0, 0.05) is 18.5 Å². The normalized spacial score (nSPS) is 25.1. The van der Waals surface area contributed by atoms with E-state index in [0.29, 0.717) is 31.5 Å². The van der Waals surface area contributed by atoms with Gasteiger partial charge in [-0.3, -0.25) is 4.84 Å². The second-order valence-corrected chi connectivity index (χ2v) is 6.30. The fraction of sp³-hybridized carbons (Fsp3) is 0.562. The van der Waals surface area contributed by atoms with Crippen molar-refractivity contribution in [1.29, 1.82) is 0 Å². The van der Waals surface area contributed by atoms with E-state index in [2.05, 4.69) is 5.32 Å². The summed E-state index contributed by atoms with van der Waals surface area (Å²) < 4.78 is 27.6. The van der Waals surface area contributed by atoms with Crippen LogP contribution in [0.15, 0.2) is 18.2 Å². The summed E-state index contributed by atoms with van der Waals surface area (Å²) in [6.45, 7) is 0.668. The van der Waals surface area contributed by atoms with Crippen LogP contribution >= 0.6 is 0 Å². The Kier molecular flexibility index (Phi) is 4.77. The Morgan fingerprint density at radius 3 is 2.70 bits per heavy atom. The van der Waals surface area contributed by atoms with Crippen molar-refractivity contribution in [3.8, 4) is 0 Å². The molecule has 1 aromatic carbocycles. The van der Waals surface area contributed by atoms with Crippen molar-refractivity contribution < 1.29 is 18.4 Å². The third-order valence-electron chi connectivity index (χ3n) is 4.51. The van der Waals surface area contributed by atoms with Crippen molar-refractivity contribution >= 4 is 6.03 Å². The number of amides is 2. The molecule has 23 heavy (non-hydrogen) atoms. The van der Waals surface area contributed by atoms with Crippen LogP contribution < -0.4 is 11.2 Å². The Hall–Kier alpha value is -1.73. The number of nitrogens with one attached hydrogen (secondary N) is 1. The largest absolute Gasteiger partial charge is 0.335 e. The van der Waals surface area contributed by atoms with E-state index in [4.69, 9.17) is 10.7 Å². The molecule has 2 atom stereocenters. The minimum absolute atomic E-state index is 0.196. The molecule has 1 aliphatic heterocycles. The molecular formula is C16H21F2N3O2. The van der Waals surface area contributed by atoms with Crippen LogP contribution in [-0.2, 0) is 4.84 Å². The van der Waals surface area contributed by atoms with E-state index in [1.165, 1.54) is 6.07 Å². The van der Waals surface area contributed by atoms with Crippen molar-refractivity contribution in [3.63, 3.8) is 0 Å². The minimum Gasteiger partial charge on any atom is -0.335 e. The van der Waals surface area contributed by atoms with Gasteiger partial charge in [-0.05, 0) is 37.3 Å². The first-order valence-corrected chi connectivity index (χ1v) is 7.93. The molecule has 0 unspecified atom stereocenters. The summed E-state index contributed by atoms with van der Waals surface area (Å²) in [6, 6.07) is 4.19. The Labute approximate surface area is 133 Å². The number of likely N-dealkylation sites (tertiary alicyclic amines) is 1. The summed E-state index contributed by atoms with van der Waals surface area (Å²) >= 11 is 0. The Morgan fingerprint density at radius 1 is 1.22 bits per heavy atom. The van der Waals surface area contributed by atoms with Crippen LogP contribution in [0.25, 0.3) is 0 Å². The molecule has 2 fully saturated rings. The fourth-order valence-electron chi connectivity index (χ4n) is 3.02. The first-order chi connectivity index (χ1) is 11.1. The first kappa shape index (κ1) is 16.1. The minimum atomic E-state index is -0.868. The molecule has 2 amide bonds. The highest BCUT2D eigenvalue weighted by Gasteiger charge is 2.32. The third kappa shape index (κ3) is 3.79. The third-order valence-corrected chi connectivity index (χ3v) is 4.51.